The highest BCUT2D eigenvalue weighted by atomic mass is 35.5. The van der Waals surface area contributed by atoms with Gasteiger partial charge in [-0.15, -0.1) is 0 Å². The summed E-state index contributed by atoms with van der Waals surface area (Å²) in [7, 11) is -2.55. The minimum absolute atomic E-state index is 0.0529. The topological polar surface area (TPSA) is 107 Å². The van der Waals surface area contributed by atoms with E-state index in [0.717, 1.165) is 4.70 Å². The molecule has 0 atom stereocenters. The lowest BCUT2D eigenvalue weighted by atomic mass is 10.2. The molecule has 3 aromatic carbocycles. The number of thiazole rings is 1. The van der Waals surface area contributed by atoms with Gasteiger partial charge in [0.25, 0.3) is 15.9 Å². The van der Waals surface area contributed by atoms with Crippen LogP contribution < -0.4 is 9.52 Å². The van der Waals surface area contributed by atoms with Gasteiger partial charge in [-0.3, -0.25) is 14.3 Å². The Kier molecular flexibility index (Phi) is 7.27. The molecule has 1 amide bonds. The standard InChI is InChI=1S/C23H17Cl2N3O5S2/c1-33-21(29)13-28-19-11-6-16(25)12-20(19)34-23(28)26-22(30)14-2-7-17(8-3-14)27-35(31,32)18-9-4-15(24)5-10-18/h2-12,27H,13H2,1H3. The van der Waals surface area contributed by atoms with Crippen molar-refractivity contribution in [1.29, 1.82) is 0 Å². The van der Waals surface area contributed by atoms with Gasteiger partial charge in [-0.05, 0) is 66.7 Å². The number of hydrogen-bond acceptors (Lipinski definition) is 6. The fourth-order valence-corrected chi connectivity index (χ4v) is 5.63. The zero-order chi connectivity index (χ0) is 25.2. The Balaban J connectivity index is 1.62. The number of esters is 1. The number of nitrogens with one attached hydrogen (secondary N) is 1. The van der Waals surface area contributed by atoms with Crippen molar-refractivity contribution in [2.75, 3.05) is 11.8 Å². The highest BCUT2D eigenvalue weighted by Gasteiger charge is 2.15. The number of amides is 1. The first kappa shape index (κ1) is 24.9. The SMILES string of the molecule is COC(=O)Cn1c(=NC(=O)c2ccc(NS(=O)(=O)c3ccc(Cl)cc3)cc2)sc2cc(Cl)ccc21. The maximum atomic E-state index is 12.8. The number of rotatable bonds is 6. The molecule has 1 aromatic heterocycles. The van der Waals surface area contributed by atoms with E-state index >= 15 is 0 Å². The number of carbonyl (C=O) groups is 2. The first-order valence-corrected chi connectivity index (χ1v) is 13.0. The minimum atomic E-state index is -3.82. The third-order valence-corrected chi connectivity index (χ3v) is 7.79. The Morgan fingerprint density at radius 3 is 2.31 bits per heavy atom. The van der Waals surface area contributed by atoms with Crippen molar-refractivity contribution in [2.45, 2.75) is 11.4 Å². The van der Waals surface area contributed by atoms with Crippen LogP contribution in [0, 0.1) is 0 Å². The van der Waals surface area contributed by atoms with E-state index < -0.39 is 21.9 Å². The Morgan fingerprint density at radius 1 is 1.00 bits per heavy atom. The van der Waals surface area contributed by atoms with Crippen molar-refractivity contribution in [3.8, 4) is 0 Å². The van der Waals surface area contributed by atoms with Crippen LogP contribution in [0.1, 0.15) is 10.4 Å². The van der Waals surface area contributed by atoms with Crippen LogP contribution in [-0.4, -0.2) is 32.0 Å². The molecule has 0 aliphatic carbocycles. The summed E-state index contributed by atoms with van der Waals surface area (Å²) < 4.78 is 34.6. The van der Waals surface area contributed by atoms with Crippen molar-refractivity contribution < 1.29 is 22.7 Å². The number of halogens is 2. The summed E-state index contributed by atoms with van der Waals surface area (Å²) in [5.41, 5.74) is 1.19. The average molecular weight is 550 g/mol. The number of benzene rings is 3. The molecule has 0 unspecified atom stereocenters. The monoisotopic (exact) mass is 549 g/mol. The largest absolute Gasteiger partial charge is 0.468 e. The summed E-state index contributed by atoms with van der Waals surface area (Å²) in [5.74, 6) is -1.06. The summed E-state index contributed by atoms with van der Waals surface area (Å²) in [6, 6.07) is 16.7. The smallest absolute Gasteiger partial charge is 0.325 e. The van der Waals surface area contributed by atoms with Crippen LogP contribution in [0.2, 0.25) is 10.0 Å². The lowest BCUT2D eigenvalue weighted by molar-refractivity contribution is -0.141. The van der Waals surface area contributed by atoms with E-state index in [2.05, 4.69) is 9.71 Å². The maximum Gasteiger partial charge on any atom is 0.325 e. The molecule has 12 heteroatoms. The lowest BCUT2D eigenvalue weighted by Crippen LogP contribution is -2.22. The fraction of sp³-hybridized carbons (Fsp3) is 0.0870. The molecule has 1 N–H and O–H groups in total. The molecule has 4 rings (SSSR count). The second-order valence-corrected chi connectivity index (χ2v) is 10.8. The number of carbonyl (C=O) groups excluding carboxylic acids is 2. The highest BCUT2D eigenvalue weighted by molar-refractivity contribution is 7.92. The fourth-order valence-electron chi connectivity index (χ4n) is 3.14. The molecule has 0 radical (unpaired) electrons. The van der Waals surface area contributed by atoms with Gasteiger partial charge in [-0.2, -0.15) is 4.99 Å². The second kappa shape index (κ2) is 10.2. The number of hydrogen-bond donors (Lipinski definition) is 1. The van der Waals surface area contributed by atoms with Crippen LogP contribution in [0.3, 0.4) is 0 Å². The molecule has 8 nitrogen and oxygen atoms in total. The van der Waals surface area contributed by atoms with Gasteiger partial charge >= 0.3 is 5.97 Å². The number of sulfonamides is 1. The van der Waals surface area contributed by atoms with Gasteiger partial charge in [-0.1, -0.05) is 34.5 Å². The molecule has 1 heterocycles. The zero-order valence-electron chi connectivity index (χ0n) is 18.1. The van der Waals surface area contributed by atoms with Crippen LogP contribution in [0.15, 0.2) is 76.6 Å². The van der Waals surface area contributed by atoms with Gasteiger partial charge in [0.2, 0.25) is 0 Å². The van der Waals surface area contributed by atoms with Gasteiger partial charge in [0.1, 0.15) is 6.54 Å². The normalized spacial score (nSPS) is 12.0. The van der Waals surface area contributed by atoms with Crippen molar-refractivity contribution in [1.82, 2.24) is 4.57 Å². The van der Waals surface area contributed by atoms with Crippen LogP contribution in [0.25, 0.3) is 10.2 Å². The summed E-state index contributed by atoms with van der Waals surface area (Å²) in [4.78, 5) is 29.3. The lowest BCUT2D eigenvalue weighted by Gasteiger charge is -2.08. The molecule has 0 bridgehead atoms. The van der Waals surface area contributed by atoms with Crippen molar-refractivity contribution >= 4 is 72.3 Å². The molecule has 0 fully saturated rings. The molecular formula is C23H17Cl2N3O5S2. The number of methoxy groups -OCH3 is 1. The zero-order valence-corrected chi connectivity index (χ0v) is 21.2. The first-order valence-electron chi connectivity index (χ1n) is 9.99. The van der Waals surface area contributed by atoms with E-state index in [0.29, 0.717) is 20.4 Å². The molecule has 0 aliphatic rings. The van der Waals surface area contributed by atoms with E-state index in [1.807, 2.05) is 0 Å². The minimum Gasteiger partial charge on any atom is -0.468 e. The number of ether oxygens (including phenoxy) is 1. The molecule has 35 heavy (non-hydrogen) atoms. The van der Waals surface area contributed by atoms with E-state index in [1.54, 1.807) is 22.8 Å². The van der Waals surface area contributed by atoms with Crippen LogP contribution in [-0.2, 0) is 26.1 Å². The molecular weight excluding hydrogens is 533 g/mol. The molecule has 0 aliphatic heterocycles. The molecule has 4 aromatic rings. The average Bonchev–Trinajstić information content (AvgIpc) is 3.15. The van der Waals surface area contributed by atoms with Crippen molar-refractivity contribution in [2.24, 2.45) is 4.99 Å². The summed E-state index contributed by atoms with van der Waals surface area (Å²) in [6.07, 6.45) is 0. The van der Waals surface area contributed by atoms with E-state index in [1.165, 1.54) is 67.0 Å². The molecule has 0 saturated carbocycles. The van der Waals surface area contributed by atoms with Gasteiger partial charge < -0.3 is 9.30 Å². The Hall–Kier alpha value is -3.18. The number of nitrogens with zero attached hydrogens (tertiary/aromatic N) is 2. The Morgan fingerprint density at radius 2 is 1.66 bits per heavy atom. The van der Waals surface area contributed by atoms with Crippen LogP contribution >= 0.6 is 34.5 Å². The third-order valence-electron chi connectivity index (χ3n) is 4.86. The van der Waals surface area contributed by atoms with Crippen LogP contribution in [0.5, 0.6) is 0 Å². The molecule has 0 spiro atoms. The second-order valence-electron chi connectivity index (χ2n) is 7.21. The van der Waals surface area contributed by atoms with Crippen molar-refractivity contribution in [3.05, 3.63) is 87.1 Å². The third kappa shape index (κ3) is 5.73. The van der Waals surface area contributed by atoms with Crippen LogP contribution in [0.4, 0.5) is 5.69 Å². The Labute approximate surface area is 214 Å². The van der Waals surface area contributed by atoms with Crippen molar-refractivity contribution in [3.63, 3.8) is 0 Å². The van der Waals surface area contributed by atoms with Gasteiger partial charge in [-0.25, -0.2) is 8.42 Å². The van der Waals surface area contributed by atoms with Gasteiger partial charge in [0.15, 0.2) is 4.80 Å². The van der Waals surface area contributed by atoms with Gasteiger partial charge in [0, 0.05) is 21.3 Å². The van der Waals surface area contributed by atoms with Gasteiger partial charge in [0.05, 0.1) is 22.2 Å². The quantitative estimate of drug-likeness (QED) is 0.350. The van der Waals surface area contributed by atoms with E-state index in [4.69, 9.17) is 27.9 Å². The maximum absolute atomic E-state index is 12.8. The number of fused-ring (bicyclic) bond motifs is 1. The molecule has 180 valence electrons. The number of aromatic nitrogens is 1. The predicted molar refractivity (Wildman–Crippen MR) is 135 cm³/mol. The first-order chi connectivity index (χ1) is 16.7. The van der Waals surface area contributed by atoms with E-state index in [9.17, 15) is 18.0 Å². The number of anilines is 1. The van der Waals surface area contributed by atoms with E-state index in [-0.39, 0.29) is 22.7 Å². The molecule has 0 saturated heterocycles. The predicted octanol–water partition coefficient (Wildman–Crippen LogP) is 4.72. The summed E-state index contributed by atoms with van der Waals surface area (Å²) in [5, 5.41) is 0.934. The highest BCUT2D eigenvalue weighted by Crippen LogP contribution is 2.23. The Bertz CT molecular complexity index is 1590. The summed E-state index contributed by atoms with van der Waals surface area (Å²) >= 11 is 13.1. The summed E-state index contributed by atoms with van der Waals surface area (Å²) in [6.45, 7) is -0.129.